The van der Waals surface area contributed by atoms with Gasteiger partial charge in [-0.25, -0.2) is 4.98 Å². The molecule has 7 nitrogen and oxygen atoms in total. The highest BCUT2D eigenvalue weighted by atomic mass is 79.9. The number of carbonyl (C=O) groups excluding carboxylic acids is 1. The number of furan rings is 1. The summed E-state index contributed by atoms with van der Waals surface area (Å²) in [6, 6.07) is 18.8. The first-order valence-corrected chi connectivity index (χ1v) is 10.8. The van der Waals surface area contributed by atoms with E-state index >= 15 is 0 Å². The van der Waals surface area contributed by atoms with E-state index in [2.05, 4.69) is 31.4 Å². The van der Waals surface area contributed by atoms with Crippen molar-refractivity contribution in [1.29, 1.82) is 0 Å². The van der Waals surface area contributed by atoms with Gasteiger partial charge in [0.25, 0.3) is 0 Å². The molecule has 0 saturated heterocycles. The van der Waals surface area contributed by atoms with Crippen LogP contribution >= 0.6 is 27.7 Å². The molecular weight excluding hydrogens is 466 g/mol. The van der Waals surface area contributed by atoms with E-state index in [1.54, 1.807) is 12.3 Å². The Hall–Kier alpha value is -3.17. The van der Waals surface area contributed by atoms with Crippen molar-refractivity contribution < 1.29 is 9.21 Å². The molecule has 148 valence electrons. The lowest BCUT2D eigenvalue weighted by Crippen LogP contribution is -2.14. The molecule has 1 N–H and O–H groups in total. The van der Waals surface area contributed by atoms with Crippen LogP contribution in [0.4, 0.5) is 5.69 Å². The number of carbonyl (C=O) groups is 1. The van der Waals surface area contributed by atoms with E-state index in [0.717, 1.165) is 21.1 Å². The molecule has 0 spiro atoms. The summed E-state index contributed by atoms with van der Waals surface area (Å²) in [4.78, 5) is 17.2. The number of hydrogen-bond donors (Lipinski definition) is 1. The molecule has 30 heavy (non-hydrogen) atoms. The van der Waals surface area contributed by atoms with E-state index < -0.39 is 0 Å². The summed E-state index contributed by atoms with van der Waals surface area (Å²) in [7, 11) is 0. The second-order valence-electron chi connectivity index (χ2n) is 6.42. The van der Waals surface area contributed by atoms with Crippen molar-refractivity contribution in [2.24, 2.45) is 0 Å². The minimum atomic E-state index is -0.136. The molecule has 0 aliphatic carbocycles. The largest absolute Gasteiger partial charge is 0.461 e. The van der Waals surface area contributed by atoms with E-state index in [9.17, 15) is 4.79 Å². The Balaban J connectivity index is 1.49. The number of para-hydroxylation sites is 1. The number of aromatic nitrogens is 4. The molecule has 0 aliphatic rings. The molecule has 5 rings (SSSR count). The highest BCUT2D eigenvalue weighted by Crippen LogP contribution is 2.29. The van der Waals surface area contributed by atoms with Crippen molar-refractivity contribution >= 4 is 55.8 Å². The molecule has 1 amide bonds. The van der Waals surface area contributed by atoms with Gasteiger partial charge in [0.1, 0.15) is 0 Å². The van der Waals surface area contributed by atoms with Gasteiger partial charge in [-0.05, 0) is 42.5 Å². The number of nitrogens with one attached hydrogen (secondary N) is 1. The van der Waals surface area contributed by atoms with E-state index in [1.807, 2.05) is 59.0 Å². The van der Waals surface area contributed by atoms with Crippen molar-refractivity contribution in [2.75, 3.05) is 11.1 Å². The topological polar surface area (TPSA) is 85.3 Å². The maximum atomic E-state index is 12.4. The fraction of sp³-hybridized carbons (Fsp3) is 0.0476. The number of amides is 1. The van der Waals surface area contributed by atoms with Crippen LogP contribution in [0, 0.1) is 0 Å². The molecule has 0 fully saturated rings. The summed E-state index contributed by atoms with van der Waals surface area (Å²) >= 11 is 4.69. The summed E-state index contributed by atoms with van der Waals surface area (Å²) in [6.45, 7) is 0. The smallest absolute Gasteiger partial charge is 0.234 e. The predicted molar refractivity (Wildman–Crippen MR) is 119 cm³/mol. The van der Waals surface area contributed by atoms with Gasteiger partial charge in [0.15, 0.2) is 22.4 Å². The molecule has 0 bridgehead atoms. The van der Waals surface area contributed by atoms with E-state index in [4.69, 9.17) is 9.40 Å². The van der Waals surface area contributed by atoms with Gasteiger partial charge in [0.05, 0.1) is 17.5 Å². The number of anilines is 1. The number of thioether (sulfide) groups is 1. The van der Waals surface area contributed by atoms with Crippen LogP contribution in [-0.4, -0.2) is 31.2 Å². The maximum Gasteiger partial charge on any atom is 0.234 e. The van der Waals surface area contributed by atoms with Gasteiger partial charge >= 0.3 is 0 Å². The van der Waals surface area contributed by atoms with Gasteiger partial charge in [-0.2, -0.15) is 0 Å². The summed E-state index contributed by atoms with van der Waals surface area (Å²) in [5.74, 6) is 1.24. The first-order chi connectivity index (χ1) is 14.7. The molecule has 2 aromatic carbocycles. The number of rotatable bonds is 5. The van der Waals surface area contributed by atoms with Gasteiger partial charge in [0.2, 0.25) is 5.91 Å². The second kappa shape index (κ2) is 7.92. The minimum Gasteiger partial charge on any atom is -0.461 e. The third kappa shape index (κ3) is 3.57. The van der Waals surface area contributed by atoms with Gasteiger partial charge in [-0.15, -0.1) is 10.2 Å². The number of benzene rings is 2. The Kier molecular flexibility index (Phi) is 4.97. The normalized spacial score (nSPS) is 11.2. The lowest BCUT2D eigenvalue weighted by molar-refractivity contribution is -0.113. The molecule has 9 heteroatoms. The molecule has 0 unspecified atom stereocenters. The van der Waals surface area contributed by atoms with E-state index in [0.29, 0.717) is 22.4 Å². The van der Waals surface area contributed by atoms with E-state index in [1.165, 1.54) is 11.8 Å². The van der Waals surface area contributed by atoms with Gasteiger partial charge in [-0.1, -0.05) is 45.9 Å². The quantitative estimate of drug-likeness (QED) is 0.355. The average molecular weight is 480 g/mol. The highest BCUT2D eigenvalue weighted by molar-refractivity contribution is 9.10. The van der Waals surface area contributed by atoms with Crippen LogP contribution in [0.15, 0.2) is 81.0 Å². The Bertz CT molecular complexity index is 1370. The molecule has 0 saturated carbocycles. The summed E-state index contributed by atoms with van der Waals surface area (Å²) in [5.41, 5.74) is 2.19. The third-order valence-corrected chi connectivity index (χ3v) is 5.82. The fourth-order valence-corrected chi connectivity index (χ4v) is 4.25. The Morgan fingerprint density at radius 3 is 2.83 bits per heavy atom. The number of fused-ring (bicyclic) bond motifs is 3. The molecule has 0 atom stereocenters. The molecular formula is C21H14BrN5O2S. The van der Waals surface area contributed by atoms with Gasteiger partial charge in [0, 0.05) is 15.5 Å². The lowest BCUT2D eigenvalue weighted by atomic mass is 10.2. The van der Waals surface area contributed by atoms with Crippen molar-refractivity contribution in [3.8, 4) is 11.6 Å². The van der Waals surface area contributed by atoms with Crippen molar-refractivity contribution in [3.63, 3.8) is 0 Å². The van der Waals surface area contributed by atoms with E-state index in [-0.39, 0.29) is 11.7 Å². The highest BCUT2D eigenvalue weighted by Gasteiger charge is 2.19. The fourth-order valence-electron chi connectivity index (χ4n) is 3.12. The van der Waals surface area contributed by atoms with Crippen LogP contribution in [0.1, 0.15) is 0 Å². The molecule has 3 heterocycles. The van der Waals surface area contributed by atoms with Crippen molar-refractivity contribution in [1.82, 2.24) is 19.6 Å². The first-order valence-electron chi connectivity index (χ1n) is 9.05. The third-order valence-electron chi connectivity index (χ3n) is 4.40. The number of halogens is 1. The summed E-state index contributed by atoms with van der Waals surface area (Å²) in [5, 5.41) is 13.0. The Morgan fingerprint density at radius 1 is 1.10 bits per heavy atom. The van der Waals surface area contributed by atoms with Crippen LogP contribution in [0.3, 0.4) is 0 Å². The minimum absolute atomic E-state index is 0.136. The SMILES string of the molecule is O=C(CSc1nnc2c3ccccc3nc(-c3ccco3)n12)Nc1cccc(Br)c1. The molecule has 0 radical (unpaired) electrons. The van der Waals surface area contributed by atoms with Crippen LogP contribution < -0.4 is 5.32 Å². The van der Waals surface area contributed by atoms with Crippen LogP contribution in [0.25, 0.3) is 28.1 Å². The zero-order valence-corrected chi connectivity index (χ0v) is 17.9. The van der Waals surface area contributed by atoms with Crippen molar-refractivity contribution in [3.05, 3.63) is 71.4 Å². The zero-order chi connectivity index (χ0) is 20.5. The Morgan fingerprint density at radius 2 is 2.00 bits per heavy atom. The monoisotopic (exact) mass is 479 g/mol. The van der Waals surface area contributed by atoms with Crippen LogP contribution in [0.5, 0.6) is 0 Å². The van der Waals surface area contributed by atoms with Crippen LogP contribution in [0.2, 0.25) is 0 Å². The van der Waals surface area contributed by atoms with Gasteiger partial charge < -0.3 is 9.73 Å². The lowest BCUT2D eigenvalue weighted by Gasteiger charge is -2.08. The summed E-state index contributed by atoms with van der Waals surface area (Å²) in [6.07, 6.45) is 1.60. The second-order valence-corrected chi connectivity index (χ2v) is 8.28. The van der Waals surface area contributed by atoms with Gasteiger partial charge in [-0.3, -0.25) is 9.20 Å². The zero-order valence-electron chi connectivity index (χ0n) is 15.4. The van der Waals surface area contributed by atoms with Crippen LogP contribution in [-0.2, 0) is 4.79 Å². The number of nitrogens with zero attached hydrogens (tertiary/aromatic N) is 4. The molecule has 5 aromatic rings. The molecule has 3 aromatic heterocycles. The molecule has 0 aliphatic heterocycles. The average Bonchev–Trinajstić information content (AvgIpc) is 3.42. The first kappa shape index (κ1) is 18.8. The standard InChI is InChI=1S/C21H14BrN5O2S/c22-13-5-3-6-14(11-13)23-18(28)12-30-21-26-25-19-15-7-1-2-8-16(15)24-20(27(19)21)17-9-4-10-29-17/h1-11H,12H2,(H,23,28). The Labute approximate surface area is 183 Å². The maximum absolute atomic E-state index is 12.4. The predicted octanol–water partition coefficient (Wildman–Crippen LogP) is 5.03. The van der Waals surface area contributed by atoms with Crippen molar-refractivity contribution in [2.45, 2.75) is 5.16 Å². The summed E-state index contributed by atoms with van der Waals surface area (Å²) < 4.78 is 8.32. The number of hydrogen-bond acceptors (Lipinski definition) is 6.